The van der Waals surface area contributed by atoms with Crippen molar-refractivity contribution in [3.05, 3.63) is 11.1 Å². The lowest BCUT2D eigenvalue weighted by molar-refractivity contribution is -0.117. The van der Waals surface area contributed by atoms with Gasteiger partial charge in [0.1, 0.15) is 5.25 Å². The lowest BCUT2D eigenvalue weighted by Crippen LogP contribution is -2.26. The van der Waals surface area contributed by atoms with Crippen molar-refractivity contribution in [2.45, 2.75) is 18.6 Å². The van der Waals surface area contributed by atoms with Crippen LogP contribution >= 0.6 is 11.3 Å². The molecule has 1 unspecified atom stereocenters. The Bertz CT molecular complexity index is 642. The fourth-order valence-corrected chi connectivity index (χ4v) is 3.22. The second-order valence-corrected chi connectivity index (χ2v) is 6.50. The minimum absolute atomic E-state index is 0.0335. The van der Waals surface area contributed by atoms with Gasteiger partial charge in [-0.25, -0.2) is 9.78 Å². The molecule has 0 bridgehead atoms. The van der Waals surface area contributed by atoms with Gasteiger partial charge in [-0.15, -0.1) is 15.2 Å². The number of esters is 1. The quantitative estimate of drug-likeness (QED) is 0.599. The second-order valence-electron chi connectivity index (χ2n) is 4.04. The SMILES string of the molecule is CCOC(=O)c1csc(N2CC(S(=O)(=O)F)CC2=O)n1. The third kappa shape index (κ3) is 2.96. The van der Waals surface area contributed by atoms with Crippen LogP contribution in [0, 0.1) is 0 Å². The maximum Gasteiger partial charge on any atom is 0.357 e. The lowest BCUT2D eigenvalue weighted by atomic mass is 10.4. The molecule has 0 radical (unpaired) electrons. The summed E-state index contributed by atoms with van der Waals surface area (Å²) in [6.07, 6.45) is -0.423. The molecule has 2 heterocycles. The third-order valence-electron chi connectivity index (χ3n) is 2.70. The molecule has 1 saturated heterocycles. The lowest BCUT2D eigenvalue weighted by Gasteiger charge is -2.11. The Morgan fingerprint density at radius 3 is 2.90 bits per heavy atom. The standard InChI is InChI=1S/C10H11FN2O5S2/c1-2-18-9(15)7-5-19-10(12-7)13-4-6(3-8(13)14)20(11,16)17/h5-6H,2-4H2,1H3. The van der Waals surface area contributed by atoms with Crippen LogP contribution in [-0.2, 0) is 19.8 Å². The zero-order chi connectivity index (χ0) is 14.9. The summed E-state index contributed by atoms with van der Waals surface area (Å²) in [7, 11) is -4.77. The Morgan fingerprint density at radius 1 is 1.65 bits per heavy atom. The van der Waals surface area contributed by atoms with Gasteiger partial charge in [0.25, 0.3) is 0 Å². The van der Waals surface area contributed by atoms with Gasteiger partial charge < -0.3 is 4.74 Å². The molecule has 1 amide bonds. The molecule has 110 valence electrons. The summed E-state index contributed by atoms with van der Waals surface area (Å²) < 4.78 is 39.3. The number of carbonyl (C=O) groups is 2. The van der Waals surface area contributed by atoms with Gasteiger partial charge in [0.2, 0.25) is 5.91 Å². The molecule has 0 aromatic carbocycles. The Kier molecular flexibility index (Phi) is 4.04. The highest BCUT2D eigenvalue weighted by Gasteiger charge is 2.40. The van der Waals surface area contributed by atoms with Gasteiger partial charge >= 0.3 is 16.2 Å². The van der Waals surface area contributed by atoms with E-state index in [4.69, 9.17) is 4.74 Å². The first-order chi connectivity index (χ1) is 9.32. The highest BCUT2D eigenvalue weighted by atomic mass is 32.3. The van der Waals surface area contributed by atoms with Crippen molar-refractivity contribution in [2.24, 2.45) is 0 Å². The number of carbonyl (C=O) groups excluding carboxylic acids is 2. The molecule has 20 heavy (non-hydrogen) atoms. The number of amides is 1. The predicted octanol–water partition coefficient (Wildman–Crippen LogP) is 0.724. The van der Waals surface area contributed by atoms with Crippen LogP contribution < -0.4 is 4.90 Å². The van der Waals surface area contributed by atoms with Crippen LogP contribution in [0.1, 0.15) is 23.8 Å². The maximum absolute atomic E-state index is 12.9. The maximum atomic E-state index is 12.9. The molecule has 0 saturated carbocycles. The van der Waals surface area contributed by atoms with E-state index in [2.05, 4.69) is 4.98 Å². The summed E-state index contributed by atoms with van der Waals surface area (Å²) in [4.78, 5) is 28.1. The van der Waals surface area contributed by atoms with Crippen LogP contribution in [0.15, 0.2) is 5.38 Å². The van der Waals surface area contributed by atoms with E-state index in [9.17, 15) is 21.9 Å². The summed E-state index contributed by atoms with van der Waals surface area (Å²) in [6, 6.07) is 0. The molecule has 10 heteroatoms. The Balaban J connectivity index is 2.17. The van der Waals surface area contributed by atoms with Gasteiger partial charge in [-0.1, -0.05) is 0 Å². The topological polar surface area (TPSA) is 93.6 Å². The minimum Gasteiger partial charge on any atom is -0.461 e. The second kappa shape index (κ2) is 5.44. The molecule has 1 aromatic heterocycles. The number of thiazole rings is 1. The van der Waals surface area contributed by atoms with Gasteiger partial charge in [0, 0.05) is 18.3 Å². The van der Waals surface area contributed by atoms with Crippen molar-refractivity contribution in [1.29, 1.82) is 0 Å². The van der Waals surface area contributed by atoms with Gasteiger partial charge in [0.05, 0.1) is 6.61 Å². The molecule has 1 atom stereocenters. The van der Waals surface area contributed by atoms with E-state index in [1.54, 1.807) is 6.92 Å². The first-order valence-corrected chi connectivity index (χ1v) is 8.02. The monoisotopic (exact) mass is 322 g/mol. The minimum atomic E-state index is -4.77. The average molecular weight is 322 g/mol. The molecule has 1 aliphatic heterocycles. The molecule has 1 fully saturated rings. The fourth-order valence-electron chi connectivity index (χ4n) is 1.74. The number of rotatable bonds is 4. The van der Waals surface area contributed by atoms with Gasteiger partial charge in [0.15, 0.2) is 10.8 Å². The number of hydrogen-bond donors (Lipinski definition) is 0. The van der Waals surface area contributed by atoms with Crippen LogP contribution in [0.4, 0.5) is 9.02 Å². The van der Waals surface area contributed by atoms with E-state index in [1.807, 2.05) is 0 Å². The number of ether oxygens (including phenoxy) is 1. The summed E-state index contributed by atoms with van der Waals surface area (Å²) in [5.74, 6) is -1.17. The first kappa shape index (κ1) is 14.9. The average Bonchev–Trinajstić information content (AvgIpc) is 2.94. The molecular formula is C10H11FN2O5S2. The number of nitrogens with zero attached hydrogens (tertiary/aromatic N) is 2. The highest BCUT2D eigenvalue weighted by molar-refractivity contribution is 7.87. The molecule has 1 aromatic rings. The van der Waals surface area contributed by atoms with Crippen molar-refractivity contribution in [3.8, 4) is 0 Å². The molecule has 0 aliphatic carbocycles. The van der Waals surface area contributed by atoms with E-state index in [1.165, 1.54) is 5.38 Å². The van der Waals surface area contributed by atoms with Crippen molar-refractivity contribution in [1.82, 2.24) is 4.98 Å². The third-order valence-corrected chi connectivity index (χ3v) is 4.67. The molecular weight excluding hydrogens is 311 g/mol. The smallest absolute Gasteiger partial charge is 0.357 e. The zero-order valence-corrected chi connectivity index (χ0v) is 12.0. The molecule has 7 nitrogen and oxygen atoms in total. The van der Waals surface area contributed by atoms with Crippen LogP contribution in [0.2, 0.25) is 0 Å². The first-order valence-electron chi connectivity index (χ1n) is 5.69. The number of halogens is 1. The van der Waals surface area contributed by atoms with E-state index < -0.39 is 33.8 Å². The predicted molar refractivity (Wildman–Crippen MR) is 68.9 cm³/mol. The fraction of sp³-hybridized carbons (Fsp3) is 0.500. The highest BCUT2D eigenvalue weighted by Crippen LogP contribution is 2.28. The Hall–Kier alpha value is -1.55. The van der Waals surface area contributed by atoms with Crippen LogP contribution in [0.3, 0.4) is 0 Å². The van der Waals surface area contributed by atoms with Crippen LogP contribution in [-0.4, -0.2) is 43.7 Å². The molecule has 0 spiro atoms. The Labute approximate surface area is 118 Å². The summed E-state index contributed by atoms with van der Waals surface area (Å²) in [6.45, 7) is 1.54. The van der Waals surface area contributed by atoms with E-state index in [0.29, 0.717) is 0 Å². The van der Waals surface area contributed by atoms with Gasteiger partial charge in [-0.3, -0.25) is 9.69 Å². The van der Waals surface area contributed by atoms with Gasteiger partial charge in [-0.2, -0.15) is 8.42 Å². The largest absolute Gasteiger partial charge is 0.461 e. The number of aromatic nitrogens is 1. The van der Waals surface area contributed by atoms with Crippen LogP contribution in [0.5, 0.6) is 0 Å². The molecule has 0 N–H and O–H groups in total. The number of anilines is 1. The molecule has 2 rings (SSSR count). The van der Waals surface area contributed by atoms with Crippen molar-refractivity contribution < 1.29 is 26.6 Å². The van der Waals surface area contributed by atoms with Crippen molar-refractivity contribution in [2.75, 3.05) is 18.1 Å². The van der Waals surface area contributed by atoms with Crippen LogP contribution in [0.25, 0.3) is 0 Å². The van der Waals surface area contributed by atoms with E-state index in [-0.39, 0.29) is 24.0 Å². The normalized spacial score (nSPS) is 19.4. The van der Waals surface area contributed by atoms with Crippen molar-refractivity contribution >= 4 is 38.6 Å². The summed E-state index contributed by atoms with van der Waals surface area (Å²) in [5, 5.41) is 0.173. The summed E-state index contributed by atoms with van der Waals surface area (Å²) >= 11 is 0.993. The van der Waals surface area contributed by atoms with Gasteiger partial charge in [-0.05, 0) is 6.92 Å². The zero-order valence-electron chi connectivity index (χ0n) is 10.4. The Morgan fingerprint density at radius 2 is 2.35 bits per heavy atom. The number of hydrogen-bond acceptors (Lipinski definition) is 7. The van der Waals surface area contributed by atoms with Crippen molar-refractivity contribution in [3.63, 3.8) is 0 Å². The summed E-state index contributed by atoms with van der Waals surface area (Å²) in [5.41, 5.74) is 0.0335. The molecule has 1 aliphatic rings. The van der Waals surface area contributed by atoms with E-state index >= 15 is 0 Å². The van der Waals surface area contributed by atoms with E-state index in [0.717, 1.165) is 16.2 Å².